The van der Waals surface area contributed by atoms with Gasteiger partial charge in [0.05, 0.1) is 19.8 Å². The first-order valence-corrected chi connectivity index (χ1v) is 6.67. The van der Waals surface area contributed by atoms with Crippen molar-refractivity contribution >= 4 is 27.4 Å². The minimum atomic E-state index is -0.172. The Hall–Kier alpha value is -2.01. The Morgan fingerprint density at radius 2 is 1.85 bits per heavy atom. The van der Waals surface area contributed by atoms with Crippen molar-refractivity contribution in [3.05, 3.63) is 52.0 Å². The molecule has 0 saturated heterocycles. The van der Waals surface area contributed by atoms with Crippen LogP contribution in [0.25, 0.3) is 0 Å². The van der Waals surface area contributed by atoms with E-state index in [0.717, 1.165) is 4.47 Å². The highest BCUT2D eigenvalue weighted by Gasteiger charge is 2.16. The van der Waals surface area contributed by atoms with E-state index in [4.69, 9.17) is 15.2 Å². The molecule has 104 valence electrons. The van der Waals surface area contributed by atoms with Crippen molar-refractivity contribution in [1.82, 2.24) is 0 Å². The van der Waals surface area contributed by atoms with Gasteiger partial charge in [-0.3, -0.25) is 4.79 Å². The molecule has 0 bridgehead atoms. The first-order valence-electron chi connectivity index (χ1n) is 5.88. The van der Waals surface area contributed by atoms with Crippen LogP contribution in [0.3, 0.4) is 0 Å². The van der Waals surface area contributed by atoms with Crippen molar-refractivity contribution < 1.29 is 14.3 Å². The number of nitrogens with two attached hydrogens (primary N) is 1. The fraction of sp³-hybridized carbons (Fsp3) is 0.133. The van der Waals surface area contributed by atoms with Crippen LogP contribution in [-0.2, 0) is 0 Å². The van der Waals surface area contributed by atoms with E-state index in [1.165, 1.54) is 7.11 Å². The predicted octanol–water partition coefficient (Wildman–Crippen LogP) is 3.28. The standard InChI is InChI=1S/C15H14BrNO3/c1-19-12-3-4-14(20-2)13(8-12)15(18)9-5-10(16)7-11(17)6-9/h3-8H,17H2,1-2H3. The van der Waals surface area contributed by atoms with Crippen LogP contribution in [0.15, 0.2) is 40.9 Å². The zero-order valence-corrected chi connectivity index (χ0v) is 12.7. The third-order valence-corrected chi connectivity index (χ3v) is 3.29. The number of nitrogen functional groups attached to an aromatic ring is 1. The van der Waals surface area contributed by atoms with Crippen molar-refractivity contribution in [3.63, 3.8) is 0 Å². The summed E-state index contributed by atoms with van der Waals surface area (Å²) in [5, 5.41) is 0. The Kier molecular flexibility index (Phi) is 4.29. The lowest BCUT2D eigenvalue weighted by Gasteiger charge is -2.10. The Morgan fingerprint density at radius 1 is 1.10 bits per heavy atom. The Balaban J connectivity index is 2.51. The van der Waals surface area contributed by atoms with E-state index in [1.807, 2.05) is 0 Å². The third kappa shape index (κ3) is 2.93. The molecule has 0 aliphatic rings. The third-order valence-electron chi connectivity index (χ3n) is 2.83. The number of benzene rings is 2. The summed E-state index contributed by atoms with van der Waals surface area (Å²) >= 11 is 3.33. The van der Waals surface area contributed by atoms with Gasteiger partial charge in [0.15, 0.2) is 5.78 Å². The largest absolute Gasteiger partial charge is 0.497 e. The van der Waals surface area contributed by atoms with E-state index in [0.29, 0.717) is 28.3 Å². The number of carbonyl (C=O) groups is 1. The van der Waals surface area contributed by atoms with Gasteiger partial charge in [0, 0.05) is 15.7 Å². The minimum Gasteiger partial charge on any atom is -0.497 e. The molecule has 0 heterocycles. The summed E-state index contributed by atoms with van der Waals surface area (Å²) in [7, 11) is 3.07. The Morgan fingerprint density at radius 3 is 2.45 bits per heavy atom. The van der Waals surface area contributed by atoms with E-state index >= 15 is 0 Å². The molecule has 0 radical (unpaired) electrons. The van der Waals surface area contributed by atoms with Crippen LogP contribution >= 0.6 is 15.9 Å². The van der Waals surface area contributed by atoms with Crippen molar-refractivity contribution in [2.24, 2.45) is 0 Å². The van der Waals surface area contributed by atoms with Crippen LogP contribution in [0, 0.1) is 0 Å². The lowest BCUT2D eigenvalue weighted by molar-refractivity contribution is 0.103. The number of halogens is 1. The summed E-state index contributed by atoms with van der Waals surface area (Å²) in [5.74, 6) is 0.917. The Bertz CT molecular complexity index is 635. The molecule has 0 aliphatic heterocycles. The second kappa shape index (κ2) is 5.96. The zero-order chi connectivity index (χ0) is 14.7. The number of rotatable bonds is 4. The SMILES string of the molecule is COc1ccc(OC)c(C(=O)c2cc(N)cc(Br)c2)c1. The molecule has 0 aliphatic carbocycles. The maximum atomic E-state index is 12.6. The normalized spacial score (nSPS) is 10.2. The van der Waals surface area contributed by atoms with E-state index in [-0.39, 0.29) is 5.78 Å². The van der Waals surface area contributed by atoms with E-state index in [9.17, 15) is 4.79 Å². The summed E-state index contributed by atoms with van der Waals surface area (Å²) in [4.78, 5) is 12.6. The molecule has 0 saturated carbocycles. The van der Waals surface area contributed by atoms with Crippen LogP contribution in [0.2, 0.25) is 0 Å². The molecule has 0 atom stereocenters. The molecule has 0 unspecified atom stereocenters. The van der Waals surface area contributed by atoms with Gasteiger partial charge in [-0.1, -0.05) is 15.9 Å². The molecule has 2 N–H and O–H groups in total. The topological polar surface area (TPSA) is 61.5 Å². The summed E-state index contributed by atoms with van der Waals surface area (Å²) < 4.78 is 11.1. The second-order valence-corrected chi connectivity index (χ2v) is 5.08. The average molecular weight is 336 g/mol. The number of anilines is 1. The molecule has 2 rings (SSSR count). The lowest BCUT2D eigenvalue weighted by atomic mass is 10.0. The van der Waals surface area contributed by atoms with Crippen molar-refractivity contribution in [3.8, 4) is 11.5 Å². The fourth-order valence-electron chi connectivity index (χ4n) is 1.89. The highest BCUT2D eigenvalue weighted by Crippen LogP contribution is 2.28. The fourth-order valence-corrected chi connectivity index (χ4v) is 2.40. The molecule has 0 aromatic heterocycles. The molecule has 4 nitrogen and oxygen atoms in total. The first-order chi connectivity index (χ1) is 9.55. The van der Waals surface area contributed by atoms with E-state index in [1.54, 1.807) is 43.5 Å². The molecular weight excluding hydrogens is 322 g/mol. The van der Waals surface area contributed by atoms with Crippen molar-refractivity contribution in [2.45, 2.75) is 0 Å². The maximum absolute atomic E-state index is 12.6. The van der Waals surface area contributed by atoms with Gasteiger partial charge in [-0.25, -0.2) is 0 Å². The average Bonchev–Trinajstić information content (AvgIpc) is 2.44. The molecule has 0 amide bonds. The second-order valence-electron chi connectivity index (χ2n) is 4.17. The summed E-state index contributed by atoms with van der Waals surface area (Å²) in [5.41, 5.74) is 7.21. The summed E-state index contributed by atoms with van der Waals surface area (Å²) in [6.45, 7) is 0. The van der Waals surface area contributed by atoms with Gasteiger partial charge in [-0.2, -0.15) is 0 Å². The predicted molar refractivity (Wildman–Crippen MR) is 81.5 cm³/mol. The molecule has 5 heteroatoms. The number of ether oxygens (including phenoxy) is 2. The smallest absolute Gasteiger partial charge is 0.197 e. The van der Waals surface area contributed by atoms with Gasteiger partial charge in [0.25, 0.3) is 0 Å². The maximum Gasteiger partial charge on any atom is 0.197 e. The van der Waals surface area contributed by atoms with E-state index < -0.39 is 0 Å². The number of hydrogen-bond donors (Lipinski definition) is 1. The number of hydrogen-bond acceptors (Lipinski definition) is 4. The molecule has 2 aromatic rings. The van der Waals surface area contributed by atoms with Gasteiger partial charge in [-0.15, -0.1) is 0 Å². The van der Waals surface area contributed by atoms with Gasteiger partial charge < -0.3 is 15.2 Å². The van der Waals surface area contributed by atoms with E-state index in [2.05, 4.69) is 15.9 Å². The van der Waals surface area contributed by atoms with Crippen molar-refractivity contribution in [1.29, 1.82) is 0 Å². The Labute approximate surface area is 125 Å². The minimum absolute atomic E-state index is 0.172. The van der Waals surface area contributed by atoms with Crippen LogP contribution in [-0.4, -0.2) is 20.0 Å². The van der Waals surface area contributed by atoms with Gasteiger partial charge >= 0.3 is 0 Å². The number of carbonyl (C=O) groups excluding carboxylic acids is 1. The number of ketones is 1. The van der Waals surface area contributed by atoms with Gasteiger partial charge in [0.1, 0.15) is 11.5 Å². The molecule has 0 fully saturated rings. The first kappa shape index (κ1) is 14.4. The monoisotopic (exact) mass is 335 g/mol. The molecular formula is C15H14BrNO3. The van der Waals surface area contributed by atoms with Gasteiger partial charge in [-0.05, 0) is 36.4 Å². The van der Waals surface area contributed by atoms with Crippen LogP contribution in [0.1, 0.15) is 15.9 Å². The quantitative estimate of drug-likeness (QED) is 0.688. The summed E-state index contributed by atoms with van der Waals surface area (Å²) in [6, 6.07) is 10.2. The molecule has 20 heavy (non-hydrogen) atoms. The van der Waals surface area contributed by atoms with Gasteiger partial charge in [0.2, 0.25) is 0 Å². The summed E-state index contributed by atoms with van der Waals surface area (Å²) in [6.07, 6.45) is 0. The van der Waals surface area contributed by atoms with Crippen LogP contribution in [0.5, 0.6) is 11.5 Å². The van der Waals surface area contributed by atoms with Crippen molar-refractivity contribution in [2.75, 3.05) is 20.0 Å². The lowest BCUT2D eigenvalue weighted by Crippen LogP contribution is -2.05. The molecule has 0 spiro atoms. The zero-order valence-electron chi connectivity index (χ0n) is 11.1. The highest BCUT2D eigenvalue weighted by atomic mass is 79.9. The highest BCUT2D eigenvalue weighted by molar-refractivity contribution is 9.10. The van der Waals surface area contributed by atoms with Crippen LogP contribution < -0.4 is 15.2 Å². The number of methoxy groups -OCH3 is 2. The van der Waals surface area contributed by atoms with Crippen LogP contribution in [0.4, 0.5) is 5.69 Å². The molecule has 2 aromatic carbocycles.